The fraction of sp³-hybridized carbons (Fsp3) is 0. The largest absolute Gasteiger partial charge is 1.00 e. The summed E-state index contributed by atoms with van der Waals surface area (Å²) < 4.78 is 72.0. The number of rotatable bonds is 7. The van der Waals surface area contributed by atoms with Gasteiger partial charge >= 0.3 is 59.1 Å². The van der Waals surface area contributed by atoms with Crippen LogP contribution in [0.3, 0.4) is 0 Å². The summed E-state index contributed by atoms with van der Waals surface area (Å²) in [5, 5.41) is 0. The van der Waals surface area contributed by atoms with Gasteiger partial charge in [-0.25, -0.2) is 16.8 Å². The third kappa shape index (κ3) is 8.59. The third-order valence-electron chi connectivity index (χ3n) is 5.41. The van der Waals surface area contributed by atoms with Crippen molar-refractivity contribution in [2.45, 2.75) is 9.79 Å². The molecule has 0 saturated carbocycles. The molecule has 0 fully saturated rings. The maximum Gasteiger partial charge on any atom is 1.00 e. The van der Waals surface area contributed by atoms with E-state index in [-0.39, 0.29) is 81.4 Å². The molecule has 0 aliphatic carbocycles. The molecule has 38 heavy (non-hydrogen) atoms. The minimum atomic E-state index is -4.85. The minimum Gasteiger partial charge on any atom is -0.744 e. The standard InChI is InChI=1S/C28H22O6S2.2Na/c29-35(30,31)27-19-25(17-15-23(27)13-11-21-7-3-1-4-8-21)26-18-16-24(28(20-26)36(32,33)34)14-12-22-9-5-2-6-10-22;;/h1-20H,(H,29,30,31)(H,32,33,34);;/q;2*+1/p-2. The van der Waals surface area contributed by atoms with Gasteiger partial charge in [-0.05, 0) is 45.5 Å². The monoisotopic (exact) mass is 562 g/mol. The molecule has 0 N–H and O–H groups in total. The Bertz CT molecular complexity index is 1540. The Labute approximate surface area is 267 Å². The zero-order valence-electron chi connectivity index (χ0n) is 20.8. The number of hydrogen-bond donors (Lipinski definition) is 0. The van der Waals surface area contributed by atoms with Gasteiger partial charge in [-0.1, -0.05) is 109 Å². The normalized spacial score (nSPS) is 11.7. The van der Waals surface area contributed by atoms with Crippen molar-refractivity contribution in [3.63, 3.8) is 0 Å². The van der Waals surface area contributed by atoms with E-state index < -0.39 is 30.0 Å². The molecular weight excluding hydrogens is 542 g/mol. The van der Waals surface area contributed by atoms with Crippen LogP contribution in [0.1, 0.15) is 22.3 Å². The predicted octanol–water partition coefficient (Wildman–Crippen LogP) is -0.489. The molecular formula is C28H20Na2O6S2. The number of hydrogen-bond acceptors (Lipinski definition) is 6. The third-order valence-corrected chi connectivity index (χ3v) is 7.19. The van der Waals surface area contributed by atoms with Crippen molar-refractivity contribution in [3.05, 3.63) is 119 Å². The molecule has 0 amide bonds. The van der Waals surface area contributed by atoms with E-state index in [4.69, 9.17) is 0 Å². The number of benzene rings is 4. The summed E-state index contributed by atoms with van der Waals surface area (Å²) in [4.78, 5) is -0.904. The molecule has 10 heteroatoms. The van der Waals surface area contributed by atoms with E-state index in [9.17, 15) is 25.9 Å². The van der Waals surface area contributed by atoms with E-state index in [1.54, 1.807) is 24.3 Å². The zero-order valence-corrected chi connectivity index (χ0v) is 26.4. The average molecular weight is 563 g/mol. The Morgan fingerprint density at radius 1 is 0.474 bits per heavy atom. The van der Waals surface area contributed by atoms with Crippen LogP contribution in [-0.2, 0) is 20.2 Å². The van der Waals surface area contributed by atoms with Crippen molar-refractivity contribution in [2.24, 2.45) is 0 Å². The zero-order chi connectivity index (χ0) is 25.8. The molecule has 4 aromatic carbocycles. The molecule has 4 aromatic rings. The Kier molecular flexibility index (Phi) is 11.9. The fourth-order valence-electron chi connectivity index (χ4n) is 3.64. The first-order valence-electron chi connectivity index (χ1n) is 10.8. The summed E-state index contributed by atoms with van der Waals surface area (Å²) in [6.07, 6.45) is 6.41. The van der Waals surface area contributed by atoms with Crippen LogP contribution in [0.25, 0.3) is 35.4 Å². The summed E-state index contributed by atoms with van der Waals surface area (Å²) in [7, 11) is -9.69. The van der Waals surface area contributed by atoms with Crippen LogP contribution in [-0.4, -0.2) is 25.9 Å². The molecule has 0 aliphatic rings. The van der Waals surface area contributed by atoms with Crippen LogP contribution < -0.4 is 59.1 Å². The molecule has 0 aliphatic heterocycles. The van der Waals surface area contributed by atoms with Gasteiger partial charge in [-0.3, -0.25) is 0 Å². The second-order valence-electron chi connectivity index (χ2n) is 7.90. The van der Waals surface area contributed by atoms with Crippen molar-refractivity contribution in [1.82, 2.24) is 0 Å². The van der Waals surface area contributed by atoms with Gasteiger partial charge in [0.1, 0.15) is 20.2 Å². The van der Waals surface area contributed by atoms with Crippen LogP contribution in [0, 0.1) is 0 Å². The summed E-state index contributed by atoms with van der Waals surface area (Å²) in [6.45, 7) is 0. The molecule has 0 spiro atoms. The van der Waals surface area contributed by atoms with Crippen LogP contribution in [0.15, 0.2) is 107 Å². The average Bonchev–Trinajstić information content (AvgIpc) is 2.86. The first-order chi connectivity index (χ1) is 17.1. The maximum atomic E-state index is 12.0. The van der Waals surface area contributed by atoms with Gasteiger partial charge in [0.05, 0.1) is 9.79 Å². The summed E-state index contributed by atoms with van der Waals surface area (Å²) >= 11 is 0. The van der Waals surface area contributed by atoms with E-state index in [2.05, 4.69) is 0 Å². The molecule has 0 saturated heterocycles. The quantitative estimate of drug-likeness (QED) is 0.171. The van der Waals surface area contributed by atoms with Crippen LogP contribution in [0.5, 0.6) is 0 Å². The second kappa shape index (κ2) is 14.0. The summed E-state index contributed by atoms with van der Waals surface area (Å²) in [5.74, 6) is 0. The van der Waals surface area contributed by atoms with Crippen LogP contribution in [0.4, 0.5) is 0 Å². The van der Waals surface area contributed by atoms with E-state index in [0.29, 0.717) is 0 Å². The summed E-state index contributed by atoms with van der Waals surface area (Å²) in [6, 6.07) is 26.7. The first kappa shape index (κ1) is 32.4. The molecule has 4 rings (SSSR count). The van der Waals surface area contributed by atoms with Crippen molar-refractivity contribution >= 4 is 44.5 Å². The van der Waals surface area contributed by atoms with Gasteiger partial charge in [0, 0.05) is 0 Å². The van der Waals surface area contributed by atoms with E-state index in [1.807, 2.05) is 60.7 Å². The molecule has 0 bridgehead atoms. The molecule has 0 unspecified atom stereocenters. The summed E-state index contributed by atoms with van der Waals surface area (Å²) in [5.41, 5.74) is 2.59. The smallest absolute Gasteiger partial charge is 0.744 e. The molecule has 0 radical (unpaired) electrons. The fourth-order valence-corrected chi connectivity index (χ4v) is 5.03. The minimum absolute atomic E-state index is 0. The van der Waals surface area contributed by atoms with Crippen molar-refractivity contribution in [1.29, 1.82) is 0 Å². The SMILES string of the molecule is O=S(=O)([O-])c1cc(-c2ccc(C=Cc3ccccc3)c(S(=O)(=O)[O-])c2)ccc1C=Cc1ccccc1.[Na+].[Na+]. The van der Waals surface area contributed by atoms with Gasteiger partial charge < -0.3 is 9.11 Å². The first-order valence-corrected chi connectivity index (χ1v) is 13.6. The van der Waals surface area contributed by atoms with Gasteiger partial charge in [0.2, 0.25) is 0 Å². The van der Waals surface area contributed by atoms with E-state index in [1.165, 1.54) is 36.4 Å². The van der Waals surface area contributed by atoms with Crippen molar-refractivity contribution in [2.75, 3.05) is 0 Å². The van der Waals surface area contributed by atoms with Gasteiger partial charge in [-0.2, -0.15) is 0 Å². The Balaban J connectivity index is 0.00000253. The molecule has 0 heterocycles. The second-order valence-corrected chi connectivity index (χ2v) is 10.6. The maximum absolute atomic E-state index is 12.0. The predicted molar refractivity (Wildman–Crippen MR) is 139 cm³/mol. The topological polar surface area (TPSA) is 114 Å². The van der Waals surface area contributed by atoms with Crippen molar-refractivity contribution in [3.8, 4) is 11.1 Å². The van der Waals surface area contributed by atoms with E-state index in [0.717, 1.165) is 11.1 Å². The Morgan fingerprint density at radius 3 is 1.13 bits per heavy atom. The van der Waals surface area contributed by atoms with Crippen molar-refractivity contribution < 1.29 is 85.1 Å². The van der Waals surface area contributed by atoms with Gasteiger partial charge in [0.25, 0.3) is 0 Å². The molecule has 182 valence electrons. The Hall–Kier alpha value is -1.82. The van der Waals surface area contributed by atoms with Gasteiger partial charge in [0.15, 0.2) is 0 Å². The van der Waals surface area contributed by atoms with E-state index >= 15 is 0 Å². The molecule has 0 aromatic heterocycles. The van der Waals surface area contributed by atoms with Gasteiger partial charge in [-0.15, -0.1) is 0 Å². The van der Waals surface area contributed by atoms with Crippen LogP contribution in [0.2, 0.25) is 0 Å². The Morgan fingerprint density at radius 2 is 0.816 bits per heavy atom. The van der Waals surface area contributed by atoms with Crippen LogP contribution >= 0.6 is 0 Å². The molecule has 6 nitrogen and oxygen atoms in total. The molecule has 0 atom stereocenters.